The Morgan fingerprint density at radius 3 is 0.783 bits per heavy atom. The third kappa shape index (κ3) is 20.8. The van der Waals surface area contributed by atoms with Crippen LogP contribution in [0, 0.1) is 36.0 Å². The average Bonchev–Trinajstić information content (AvgIpc) is 1.64. The smallest absolute Gasteiger partial charge is 0.123 e. The van der Waals surface area contributed by atoms with Crippen molar-refractivity contribution in [3.05, 3.63) is 409 Å². The molecule has 0 spiro atoms. The lowest BCUT2D eigenvalue weighted by molar-refractivity contribution is 0.312. The monoisotopic (exact) mass is 1840 g/mol. The first-order valence-electron chi connectivity index (χ1n) is 47.6. The van der Waals surface area contributed by atoms with Gasteiger partial charge >= 0.3 is 0 Å². The SMILES string of the molecule is CN1CCc2c(c3cc(F)ccc3n2/C=C/c2ccccc2)C1.CN1CCc2c(c3cc(F)ccc3n2/C=C/c2ccccn2)C1.CN1CCc2c(c3cc(F)ccc3n2/C=C/c2ccncc2)C1.CN1CCc2c(c3cc(F)ccc3n2/C=C\c2ccccc2)C1.CN1CCc2c(c3cc(F)ccc3n2/C=C\c2cccnc2)C1.Cc1ccc2c(c1)c1c(n2/C=C\c2ccccc2)CCN(C)C1. The van der Waals surface area contributed by atoms with E-state index >= 15 is 0 Å². The van der Waals surface area contributed by atoms with Gasteiger partial charge in [-0.3, -0.25) is 15.0 Å². The molecule has 0 unspecified atom stereocenters. The van der Waals surface area contributed by atoms with Gasteiger partial charge in [-0.15, -0.1) is 0 Å². The summed E-state index contributed by atoms with van der Waals surface area (Å²) in [7, 11) is 12.8. The van der Waals surface area contributed by atoms with E-state index in [4.69, 9.17) is 0 Å². The van der Waals surface area contributed by atoms with Gasteiger partial charge < -0.3 is 56.8 Å². The number of rotatable bonds is 12. The summed E-state index contributed by atoms with van der Waals surface area (Å²) < 4.78 is 82.0. The predicted octanol–water partition coefficient (Wildman–Crippen LogP) is 24.7. The highest BCUT2D eigenvalue weighted by atomic mass is 19.1. The maximum Gasteiger partial charge on any atom is 0.123 e. The highest BCUT2D eigenvalue weighted by Gasteiger charge is 2.29. The molecule has 138 heavy (non-hydrogen) atoms. The summed E-state index contributed by atoms with van der Waals surface area (Å²) in [5.74, 6) is -0.875. The van der Waals surface area contributed by atoms with Crippen LogP contribution >= 0.6 is 0 Å². The number of aromatic nitrogens is 9. The fraction of sp³-hybridized carbons (Fsp3) is 0.212. The Labute approximate surface area is 803 Å². The Bertz CT molecular complexity index is 6430. The Hall–Kier alpha value is -14.5. The largest absolute Gasteiger partial charge is 0.320 e. The van der Waals surface area contributed by atoms with E-state index in [1.165, 1.54) is 108 Å². The molecule has 0 aliphatic carbocycles. The summed E-state index contributed by atoms with van der Waals surface area (Å²) in [5.41, 5.74) is 30.3. The molecule has 0 amide bonds. The molecule has 24 rings (SSSR count). The molecular weight excluding hydrogens is 1720 g/mol. The molecule has 9 aromatic carbocycles. The van der Waals surface area contributed by atoms with Crippen LogP contribution in [0.4, 0.5) is 22.0 Å². The van der Waals surface area contributed by atoms with E-state index in [0.717, 1.165) is 200 Å². The first kappa shape index (κ1) is 92.6. The Morgan fingerprint density at radius 2 is 0.500 bits per heavy atom. The summed E-state index contributed by atoms with van der Waals surface area (Å²) in [6.45, 7) is 13.8. The summed E-state index contributed by atoms with van der Waals surface area (Å²) in [4.78, 5) is 26.3. The van der Waals surface area contributed by atoms with E-state index in [9.17, 15) is 22.0 Å². The lowest BCUT2D eigenvalue weighted by atomic mass is 10.0. The van der Waals surface area contributed by atoms with Gasteiger partial charge in [-0.1, -0.05) is 115 Å². The number of pyridine rings is 3. The van der Waals surface area contributed by atoms with Crippen LogP contribution in [-0.4, -0.2) is 153 Å². The topological polar surface area (TPSA) is 87.7 Å². The Kier molecular flexibility index (Phi) is 28.2. The van der Waals surface area contributed by atoms with Crippen LogP contribution < -0.4 is 0 Å². The summed E-state index contributed by atoms with van der Waals surface area (Å²) in [5, 5.41) is 6.52. The predicted molar refractivity (Wildman–Crippen MR) is 560 cm³/mol. The van der Waals surface area contributed by atoms with Crippen molar-refractivity contribution in [3.63, 3.8) is 0 Å². The number of aryl methyl sites for hydroxylation is 1. The lowest BCUT2D eigenvalue weighted by Crippen LogP contribution is -2.26. The molecular formula is C118H114F5N15. The van der Waals surface area contributed by atoms with E-state index < -0.39 is 0 Å². The first-order valence-corrected chi connectivity index (χ1v) is 47.6. The van der Waals surface area contributed by atoms with Crippen LogP contribution in [0.2, 0.25) is 0 Å². The number of hydrogen-bond acceptors (Lipinski definition) is 9. The van der Waals surface area contributed by atoms with Crippen molar-refractivity contribution in [2.24, 2.45) is 0 Å². The van der Waals surface area contributed by atoms with Crippen molar-refractivity contribution in [1.82, 2.24) is 71.8 Å². The van der Waals surface area contributed by atoms with Crippen molar-refractivity contribution in [2.75, 3.05) is 81.6 Å². The molecule has 0 saturated heterocycles. The summed E-state index contributed by atoms with van der Waals surface area (Å²) >= 11 is 0. The quantitative estimate of drug-likeness (QED) is 0.111. The Balaban J connectivity index is 0.000000106. The van der Waals surface area contributed by atoms with Gasteiger partial charge in [-0.05, 0) is 280 Å². The van der Waals surface area contributed by atoms with Crippen LogP contribution in [0.25, 0.3) is 139 Å². The third-order valence-corrected chi connectivity index (χ3v) is 27.2. The fourth-order valence-corrected chi connectivity index (χ4v) is 20.2. The lowest BCUT2D eigenvalue weighted by Gasteiger charge is -2.23. The van der Waals surface area contributed by atoms with Crippen LogP contribution in [0.1, 0.15) is 107 Å². The molecule has 0 fully saturated rings. The van der Waals surface area contributed by atoms with Crippen molar-refractivity contribution < 1.29 is 22.0 Å². The number of nitrogens with zero attached hydrogens (tertiary/aromatic N) is 15. The molecule has 0 atom stereocenters. The molecule has 6 aliphatic heterocycles. The van der Waals surface area contributed by atoms with Crippen LogP contribution in [0.15, 0.2) is 274 Å². The average molecular weight is 1840 g/mol. The minimum absolute atomic E-state index is 0.169. The number of benzene rings is 9. The van der Waals surface area contributed by atoms with Gasteiger partial charge in [0.25, 0.3) is 0 Å². The molecule has 6 aliphatic rings. The zero-order chi connectivity index (χ0) is 94.9. The third-order valence-electron chi connectivity index (χ3n) is 27.2. The van der Waals surface area contributed by atoms with E-state index in [2.05, 4.69) is 249 Å². The molecule has 15 heterocycles. The van der Waals surface area contributed by atoms with Crippen molar-refractivity contribution >= 4 is 139 Å². The molecule has 0 N–H and O–H groups in total. The van der Waals surface area contributed by atoms with Crippen LogP contribution in [-0.2, 0) is 77.8 Å². The van der Waals surface area contributed by atoms with E-state index in [0.29, 0.717) is 0 Å². The standard InChI is InChI=1S/C21H22N2.2C20H19FN2.3C19H18FN3/c1-16-8-9-20-18(14-16)19-15-22(2)12-11-21(19)23(20)13-10-17-6-4-3-5-7-17;2*1-22-11-10-20-18(14-22)17-13-16(21)7-8-19(17)23(20)12-9-15-5-3-2-4-6-15;1-22-10-7-19-17(13-22)16-12-15(20)2-3-18(16)23(19)11-6-14-4-8-21-9-5-14;1-22-9-7-19-17(13-22)16-11-15(20)4-5-18(16)23(19)10-6-14-3-2-8-21-12-14;1-22-10-8-19-17(13-22)16-12-14(20)5-6-18(16)23(19)11-7-15-4-2-3-9-21-15/h3-10,13-14H,11-12,15H2,1-2H3;2*2-9,12-13H,10-11,14H2,1H3;2-6,8-9,11-12H,7,10,13H2,1H3;2-6,8,10-12H,7,9,13H2,1H3;2-7,9,11-12H,8,10,13H2,1H3/b13-10-;12-9+;12-9-;11-6+;10-6-;11-7+. The second-order valence-corrected chi connectivity index (χ2v) is 37.0. The highest BCUT2D eigenvalue weighted by molar-refractivity contribution is 5.94. The van der Waals surface area contributed by atoms with E-state index in [1.54, 1.807) is 67.3 Å². The Morgan fingerprint density at radius 1 is 0.239 bits per heavy atom. The first-order chi connectivity index (χ1) is 67.3. The van der Waals surface area contributed by atoms with Gasteiger partial charge in [0, 0.05) is 252 Å². The van der Waals surface area contributed by atoms with Crippen molar-refractivity contribution in [3.8, 4) is 0 Å². The maximum atomic E-state index is 13.7. The van der Waals surface area contributed by atoms with E-state index in [1.807, 2.05) is 134 Å². The highest BCUT2D eigenvalue weighted by Crippen LogP contribution is 2.40. The number of halogens is 5. The van der Waals surface area contributed by atoms with Gasteiger partial charge in [0.15, 0.2) is 0 Å². The van der Waals surface area contributed by atoms with Gasteiger partial charge in [0.1, 0.15) is 29.1 Å². The van der Waals surface area contributed by atoms with Crippen LogP contribution in [0.5, 0.6) is 0 Å². The summed E-state index contributed by atoms with van der Waals surface area (Å²) in [6, 6.07) is 77.0. The van der Waals surface area contributed by atoms with Gasteiger partial charge in [0.05, 0.1) is 38.8 Å². The molecule has 0 saturated carbocycles. The normalized spacial score (nSPS) is 15.4. The second-order valence-electron chi connectivity index (χ2n) is 37.0. The van der Waals surface area contributed by atoms with Crippen LogP contribution in [0.3, 0.4) is 0 Å². The maximum absolute atomic E-state index is 13.7. The number of likely N-dealkylation sites (N-methyl/N-ethyl adjacent to an activating group) is 6. The molecule has 0 bridgehead atoms. The number of hydrogen-bond donors (Lipinski definition) is 0. The zero-order valence-electron chi connectivity index (χ0n) is 79.2. The zero-order valence-corrected chi connectivity index (χ0v) is 79.2. The number of fused-ring (bicyclic) bond motifs is 18. The molecule has 0 radical (unpaired) electrons. The van der Waals surface area contributed by atoms with Crippen molar-refractivity contribution in [1.29, 1.82) is 0 Å². The van der Waals surface area contributed by atoms with Gasteiger partial charge in [-0.2, -0.15) is 0 Å². The molecule has 696 valence electrons. The molecule has 9 aromatic heterocycles. The summed E-state index contributed by atoms with van der Waals surface area (Å²) in [6.07, 6.45) is 40.2. The molecule has 20 heteroatoms. The van der Waals surface area contributed by atoms with Crippen molar-refractivity contribution in [2.45, 2.75) is 84.7 Å². The minimum Gasteiger partial charge on any atom is -0.320 e. The fourth-order valence-electron chi connectivity index (χ4n) is 20.2. The van der Waals surface area contributed by atoms with Gasteiger partial charge in [-0.25, -0.2) is 22.0 Å². The van der Waals surface area contributed by atoms with Gasteiger partial charge in [0.2, 0.25) is 0 Å². The minimum atomic E-state index is -0.181. The molecule has 15 nitrogen and oxygen atoms in total. The molecule has 18 aromatic rings. The van der Waals surface area contributed by atoms with E-state index in [-0.39, 0.29) is 29.1 Å². The second kappa shape index (κ2) is 42.0.